The number of halogens is 3. The van der Waals surface area contributed by atoms with Gasteiger partial charge in [-0.25, -0.2) is 4.79 Å². The second-order valence-electron chi connectivity index (χ2n) is 9.41. The van der Waals surface area contributed by atoms with Crippen molar-refractivity contribution in [2.75, 3.05) is 20.3 Å². The number of fused-ring (bicyclic) bond motifs is 1. The molecular weight excluding hydrogens is 563 g/mol. The molecular formula is C33H30F3NO6. The first-order chi connectivity index (χ1) is 20.5. The van der Waals surface area contributed by atoms with E-state index in [2.05, 4.69) is 11.3 Å². The van der Waals surface area contributed by atoms with E-state index >= 15 is 0 Å². The van der Waals surface area contributed by atoms with E-state index in [1.807, 2.05) is 12.1 Å². The number of carbonyl (C=O) groups is 2. The van der Waals surface area contributed by atoms with Crippen LogP contribution in [-0.4, -0.2) is 43.1 Å². The van der Waals surface area contributed by atoms with Crippen LogP contribution in [0.4, 0.5) is 13.2 Å². The molecule has 0 unspecified atom stereocenters. The molecule has 0 fully saturated rings. The maximum absolute atomic E-state index is 13.7. The minimum absolute atomic E-state index is 0.0216. The number of aromatic nitrogens is 1. The normalized spacial score (nSPS) is 11.7. The number of ether oxygens (including phenoxy) is 4. The van der Waals surface area contributed by atoms with Crippen molar-refractivity contribution in [1.29, 1.82) is 0 Å². The molecule has 0 spiro atoms. The predicted molar refractivity (Wildman–Crippen MR) is 156 cm³/mol. The number of hydrogen-bond acceptors (Lipinski definition) is 6. The molecule has 0 aliphatic rings. The first kappa shape index (κ1) is 31.0. The lowest BCUT2D eigenvalue weighted by Gasteiger charge is -2.10. The summed E-state index contributed by atoms with van der Waals surface area (Å²) in [7, 11) is 1.52. The van der Waals surface area contributed by atoms with Crippen LogP contribution in [0.25, 0.3) is 17.0 Å². The third-order valence-corrected chi connectivity index (χ3v) is 6.54. The van der Waals surface area contributed by atoms with Crippen LogP contribution < -0.4 is 9.47 Å². The van der Waals surface area contributed by atoms with Gasteiger partial charge in [-0.15, -0.1) is 13.2 Å². The number of methoxy groups -OCH3 is 1. The van der Waals surface area contributed by atoms with Crippen molar-refractivity contribution in [1.82, 2.24) is 4.57 Å². The number of rotatable bonds is 11. The third-order valence-electron chi connectivity index (χ3n) is 6.54. The van der Waals surface area contributed by atoms with E-state index in [4.69, 9.17) is 14.2 Å². The summed E-state index contributed by atoms with van der Waals surface area (Å²) in [5.41, 5.74) is 3.44. The maximum atomic E-state index is 13.7. The highest BCUT2D eigenvalue weighted by molar-refractivity contribution is 6.04. The molecule has 4 aromatic rings. The smallest absolute Gasteiger partial charge is 0.497 e. The van der Waals surface area contributed by atoms with Gasteiger partial charge in [-0.05, 0) is 85.5 Å². The van der Waals surface area contributed by atoms with Crippen molar-refractivity contribution in [2.45, 2.75) is 26.6 Å². The van der Waals surface area contributed by atoms with Gasteiger partial charge in [-0.3, -0.25) is 9.36 Å². The molecule has 0 radical (unpaired) electrons. The summed E-state index contributed by atoms with van der Waals surface area (Å²) in [5, 5.41) is 0.435. The quantitative estimate of drug-likeness (QED) is 0.0790. The second-order valence-corrected chi connectivity index (χ2v) is 9.41. The Morgan fingerprint density at radius 1 is 0.977 bits per heavy atom. The SMILES string of the molecule is C=CCOC(=O)/C(=C/c1cccc(Cc2c(C)n(C(=O)c3ccc(OC)cc3)c3ccc(OC(F)(F)F)cc23)c1)OCC. The average Bonchev–Trinajstić information content (AvgIpc) is 3.24. The lowest BCUT2D eigenvalue weighted by Crippen LogP contribution is -2.17. The van der Waals surface area contributed by atoms with Crippen LogP contribution in [0.15, 0.2) is 85.1 Å². The summed E-state index contributed by atoms with van der Waals surface area (Å²) < 4.78 is 60.6. The number of hydrogen-bond donors (Lipinski definition) is 0. The van der Waals surface area contributed by atoms with Crippen LogP contribution in [0, 0.1) is 6.92 Å². The molecule has 43 heavy (non-hydrogen) atoms. The lowest BCUT2D eigenvalue weighted by molar-refractivity contribution is -0.274. The van der Waals surface area contributed by atoms with Crippen molar-refractivity contribution in [2.24, 2.45) is 0 Å². The Morgan fingerprint density at radius 3 is 2.35 bits per heavy atom. The molecule has 7 nitrogen and oxygen atoms in total. The molecule has 0 N–H and O–H groups in total. The van der Waals surface area contributed by atoms with Crippen molar-refractivity contribution in [3.8, 4) is 11.5 Å². The van der Waals surface area contributed by atoms with E-state index in [0.717, 1.165) is 5.56 Å². The fourth-order valence-corrected chi connectivity index (χ4v) is 4.68. The van der Waals surface area contributed by atoms with Gasteiger partial charge in [0.15, 0.2) is 0 Å². The fourth-order valence-electron chi connectivity index (χ4n) is 4.68. The Kier molecular flexibility index (Phi) is 9.59. The molecule has 0 saturated heterocycles. The Hall–Kier alpha value is -4.99. The number of benzene rings is 3. The van der Waals surface area contributed by atoms with Crippen LogP contribution in [0.2, 0.25) is 0 Å². The summed E-state index contributed by atoms with van der Waals surface area (Å²) in [6.07, 6.45) is -1.61. The number of nitrogens with zero attached hydrogens (tertiary/aromatic N) is 1. The zero-order valence-corrected chi connectivity index (χ0v) is 23.9. The van der Waals surface area contributed by atoms with Gasteiger partial charge in [0.25, 0.3) is 5.91 Å². The summed E-state index contributed by atoms with van der Waals surface area (Å²) in [6.45, 7) is 7.30. The zero-order chi connectivity index (χ0) is 31.1. The van der Waals surface area contributed by atoms with E-state index < -0.39 is 18.1 Å². The molecule has 4 rings (SSSR count). The number of alkyl halides is 3. The van der Waals surface area contributed by atoms with Gasteiger partial charge < -0.3 is 18.9 Å². The highest BCUT2D eigenvalue weighted by Crippen LogP contribution is 2.34. The van der Waals surface area contributed by atoms with Gasteiger partial charge in [0.1, 0.15) is 18.1 Å². The Morgan fingerprint density at radius 2 is 1.70 bits per heavy atom. The van der Waals surface area contributed by atoms with Crippen LogP contribution in [-0.2, 0) is 20.7 Å². The molecule has 1 aromatic heterocycles. The predicted octanol–water partition coefficient (Wildman–Crippen LogP) is 7.24. The first-order valence-electron chi connectivity index (χ1n) is 13.3. The lowest BCUT2D eigenvalue weighted by atomic mass is 10.00. The van der Waals surface area contributed by atoms with Crippen LogP contribution in [0.3, 0.4) is 0 Å². The fraction of sp³-hybridized carbons (Fsp3) is 0.212. The topological polar surface area (TPSA) is 76.0 Å². The Balaban J connectivity index is 1.78. The molecule has 10 heteroatoms. The van der Waals surface area contributed by atoms with Crippen LogP contribution in [0.5, 0.6) is 11.5 Å². The van der Waals surface area contributed by atoms with Gasteiger partial charge in [-0.2, -0.15) is 0 Å². The highest BCUT2D eigenvalue weighted by atomic mass is 19.4. The number of esters is 1. The van der Waals surface area contributed by atoms with Crippen molar-refractivity contribution >= 4 is 28.9 Å². The van der Waals surface area contributed by atoms with Gasteiger partial charge in [0.2, 0.25) is 5.76 Å². The minimum Gasteiger partial charge on any atom is -0.497 e. The Labute approximate surface area is 246 Å². The highest BCUT2D eigenvalue weighted by Gasteiger charge is 2.31. The third kappa shape index (κ3) is 7.45. The van der Waals surface area contributed by atoms with E-state index in [1.54, 1.807) is 56.3 Å². The molecule has 0 amide bonds. The minimum atomic E-state index is -4.88. The second kappa shape index (κ2) is 13.3. The monoisotopic (exact) mass is 593 g/mol. The van der Waals surface area contributed by atoms with Crippen molar-refractivity contribution < 1.29 is 41.7 Å². The van der Waals surface area contributed by atoms with Crippen molar-refractivity contribution in [3.63, 3.8) is 0 Å². The molecule has 1 heterocycles. The van der Waals surface area contributed by atoms with Gasteiger partial charge >= 0.3 is 12.3 Å². The molecule has 0 aliphatic heterocycles. The van der Waals surface area contributed by atoms with E-state index in [0.29, 0.717) is 39.0 Å². The van der Waals surface area contributed by atoms with E-state index in [9.17, 15) is 22.8 Å². The van der Waals surface area contributed by atoms with Gasteiger partial charge in [0.05, 0.1) is 19.2 Å². The average molecular weight is 594 g/mol. The van der Waals surface area contributed by atoms with Gasteiger partial charge in [-0.1, -0.05) is 36.9 Å². The molecule has 0 atom stereocenters. The molecule has 0 bridgehead atoms. The zero-order valence-electron chi connectivity index (χ0n) is 23.9. The standard InChI is InChI=1S/C33H30F3NO6/c1-5-16-42-32(39)30(41-6-2)19-23-9-7-8-22(17-23)18-27-21(3)37(31(38)24-10-12-25(40-4)13-11-24)29-15-14-26(20-28(27)29)43-33(34,35)36/h5,7-15,17,19-20H,1,6,16,18H2,2-4H3/b30-19-. The van der Waals surface area contributed by atoms with Gasteiger partial charge in [0, 0.05) is 16.6 Å². The maximum Gasteiger partial charge on any atom is 0.573 e. The molecule has 3 aromatic carbocycles. The molecule has 0 saturated carbocycles. The van der Waals surface area contributed by atoms with Crippen LogP contribution >= 0.6 is 0 Å². The summed E-state index contributed by atoms with van der Waals surface area (Å²) in [5.74, 6) is -0.785. The van der Waals surface area contributed by atoms with E-state index in [-0.39, 0.29) is 31.3 Å². The largest absolute Gasteiger partial charge is 0.573 e. The van der Waals surface area contributed by atoms with Crippen molar-refractivity contribution in [3.05, 3.63) is 113 Å². The Bertz CT molecular complexity index is 1670. The number of carbonyl (C=O) groups excluding carboxylic acids is 2. The van der Waals surface area contributed by atoms with Crippen LogP contribution in [0.1, 0.15) is 39.7 Å². The first-order valence-corrected chi connectivity index (χ1v) is 13.3. The van der Waals surface area contributed by atoms with E-state index in [1.165, 1.54) is 36.0 Å². The summed E-state index contributed by atoms with van der Waals surface area (Å²) >= 11 is 0. The molecule has 0 aliphatic carbocycles. The summed E-state index contributed by atoms with van der Waals surface area (Å²) in [6, 6.07) is 17.7. The molecule has 224 valence electrons. The summed E-state index contributed by atoms with van der Waals surface area (Å²) in [4.78, 5) is 26.1.